The quantitative estimate of drug-likeness (QED) is 0.866. The first kappa shape index (κ1) is 9.61. The van der Waals surface area contributed by atoms with Gasteiger partial charge in [0.1, 0.15) is 0 Å². The van der Waals surface area contributed by atoms with E-state index in [-0.39, 0.29) is 5.56 Å². The minimum Gasteiger partial charge on any atom is -0.306 e. The molecule has 2 aromatic rings. The fourth-order valence-corrected chi connectivity index (χ4v) is 2.65. The van der Waals surface area contributed by atoms with Crippen molar-refractivity contribution in [2.24, 2.45) is 0 Å². The Morgan fingerprint density at radius 2 is 2.36 bits per heavy atom. The van der Waals surface area contributed by atoms with Crippen molar-refractivity contribution in [2.45, 2.75) is 6.92 Å². The average molecular weight is 271 g/mol. The van der Waals surface area contributed by atoms with Gasteiger partial charge in [-0.3, -0.25) is 4.79 Å². The smallest absolute Gasteiger partial charge is 0.251 e. The first-order valence-corrected chi connectivity index (χ1v) is 5.65. The normalized spacial score (nSPS) is 10.4. The van der Waals surface area contributed by atoms with Gasteiger partial charge in [-0.05, 0) is 34.3 Å². The summed E-state index contributed by atoms with van der Waals surface area (Å²) in [5, 5.41) is 1.95. The fraction of sp³-hybridized carbons (Fsp3) is 0.111. The second kappa shape index (κ2) is 3.67. The van der Waals surface area contributed by atoms with Crippen molar-refractivity contribution in [2.75, 3.05) is 0 Å². The number of aryl methyl sites for hydroxylation is 1. The number of thiophene rings is 1. The highest BCUT2D eigenvalue weighted by atomic mass is 79.9. The lowest BCUT2D eigenvalue weighted by Gasteiger charge is -1.98. The summed E-state index contributed by atoms with van der Waals surface area (Å²) in [4.78, 5) is 19.1. The van der Waals surface area contributed by atoms with E-state index in [9.17, 15) is 4.79 Å². The van der Waals surface area contributed by atoms with Gasteiger partial charge in [0.05, 0.1) is 4.88 Å². The first-order chi connectivity index (χ1) is 6.66. The van der Waals surface area contributed by atoms with Gasteiger partial charge in [0.15, 0.2) is 5.82 Å². The van der Waals surface area contributed by atoms with Crippen LogP contribution in [-0.2, 0) is 0 Å². The third-order valence-electron chi connectivity index (χ3n) is 1.70. The molecule has 0 saturated heterocycles. The van der Waals surface area contributed by atoms with Crippen LogP contribution >= 0.6 is 27.3 Å². The van der Waals surface area contributed by atoms with Gasteiger partial charge < -0.3 is 4.98 Å². The lowest BCUT2D eigenvalue weighted by Crippen LogP contribution is -2.08. The summed E-state index contributed by atoms with van der Waals surface area (Å²) in [6, 6.07) is 3.41. The van der Waals surface area contributed by atoms with Crippen molar-refractivity contribution in [1.29, 1.82) is 0 Å². The first-order valence-electron chi connectivity index (χ1n) is 3.98. The van der Waals surface area contributed by atoms with Crippen molar-refractivity contribution < 1.29 is 0 Å². The van der Waals surface area contributed by atoms with E-state index in [0.29, 0.717) is 5.82 Å². The zero-order valence-corrected chi connectivity index (χ0v) is 9.78. The molecule has 2 rings (SSSR count). The molecule has 0 saturated carbocycles. The SMILES string of the molecule is Cc1cc(=O)[nH]c(-c2sccc2Br)n1. The fourth-order valence-electron chi connectivity index (χ4n) is 1.15. The van der Waals surface area contributed by atoms with Crippen LogP contribution in [0, 0.1) is 6.92 Å². The van der Waals surface area contributed by atoms with Crippen LogP contribution in [-0.4, -0.2) is 9.97 Å². The minimum absolute atomic E-state index is 0.118. The zero-order valence-electron chi connectivity index (χ0n) is 7.37. The van der Waals surface area contributed by atoms with E-state index < -0.39 is 0 Å². The highest BCUT2D eigenvalue weighted by Crippen LogP contribution is 2.30. The molecule has 14 heavy (non-hydrogen) atoms. The average Bonchev–Trinajstić information content (AvgIpc) is 2.49. The van der Waals surface area contributed by atoms with Crippen LogP contribution < -0.4 is 5.56 Å². The summed E-state index contributed by atoms with van der Waals surface area (Å²) < 4.78 is 0.955. The largest absolute Gasteiger partial charge is 0.306 e. The molecular weight excluding hydrogens is 264 g/mol. The van der Waals surface area contributed by atoms with E-state index in [1.165, 1.54) is 6.07 Å². The zero-order chi connectivity index (χ0) is 10.1. The van der Waals surface area contributed by atoms with Crippen LogP contribution in [0.4, 0.5) is 0 Å². The number of aromatic nitrogens is 2. The Bertz CT molecular complexity index is 518. The van der Waals surface area contributed by atoms with Crippen molar-refractivity contribution >= 4 is 27.3 Å². The molecule has 3 nitrogen and oxygen atoms in total. The second-order valence-electron chi connectivity index (χ2n) is 2.83. The molecule has 2 heterocycles. The molecule has 0 spiro atoms. The van der Waals surface area contributed by atoms with Gasteiger partial charge in [-0.25, -0.2) is 4.98 Å². The molecule has 0 unspecified atom stereocenters. The van der Waals surface area contributed by atoms with Crippen molar-refractivity contribution in [3.63, 3.8) is 0 Å². The molecule has 0 fully saturated rings. The van der Waals surface area contributed by atoms with Gasteiger partial charge >= 0.3 is 0 Å². The van der Waals surface area contributed by atoms with Gasteiger partial charge in [-0.15, -0.1) is 11.3 Å². The van der Waals surface area contributed by atoms with Crippen molar-refractivity contribution in [3.05, 3.63) is 38.0 Å². The van der Waals surface area contributed by atoms with E-state index >= 15 is 0 Å². The Morgan fingerprint density at radius 1 is 1.57 bits per heavy atom. The second-order valence-corrected chi connectivity index (χ2v) is 4.60. The molecular formula is C9H7BrN2OS. The summed E-state index contributed by atoms with van der Waals surface area (Å²) in [6.07, 6.45) is 0. The van der Waals surface area contributed by atoms with Gasteiger partial charge in [0.2, 0.25) is 0 Å². The van der Waals surface area contributed by atoms with E-state index in [1.54, 1.807) is 18.3 Å². The number of hydrogen-bond acceptors (Lipinski definition) is 3. The molecule has 0 bridgehead atoms. The van der Waals surface area contributed by atoms with E-state index in [1.807, 2.05) is 11.4 Å². The Kier molecular flexibility index (Phi) is 2.52. The van der Waals surface area contributed by atoms with E-state index in [2.05, 4.69) is 25.9 Å². The standard InChI is InChI=1S/C9H7BrN2OS/c1-5-4-7(13)12-9(11-5)8-6(10)2-3-14-8/h2-4H,1H3,(H,11,12,13). The summed E-state index contributed by atoms with van der Waals surface area (Å²) in [5.74, 6) is 0.622. The van der Waals surface area contributed by atoms with Gasteiger partial charge in [0, 0.05) is 16.2 Å². The third-order valence-corrected chi connectivity index (χ3v) is 3.55. The Hall–Kier alpha value is -0.940. The molecule has 0 aliphatic heterocycles. The number of nitrogens with zero attached hydrogens (tertiary/aromatic N) is 1. The maximum absolute atomic E-state index is 11.2. The van der Waals surface area contributed by atoms with Crippen molar-refractivity contribution in [3.8, 4) is 10.7 Å². The molecule has 72 valence electrons. The molecule has 1 N–H and O–H groups in total. The van der Waals surface area contributed by atoms with E-state index in [4.69, 9.17) is 0 Å². The number of nitrogens with one attached hydrogen (secondary N) is 1. The minimum atomic E-state index is -0.118. The van der Waals surface area contributed by atoms with Gasteiger partial charge in [-0.1, -0.05) is 0 Å². The summed E-state index contributed by atoms with van der Waals surface area (Å²) in [5.41, 5.74) is 0.608. The van der Waals surface area contributed by atoms with E-state index in [0.717, 1.165) is 15.0 Å². The predicted octanol–water partition coefficient (Wildman–Crippen LogP) is 2.57. The number of halogens is 1. The van der Waals surface area contributed by atoms with Crippen LogP contribution in [0.1, 0.15) is 5.69 Å². The molecule has 5 heteroatoms. The number of hydrogen-bond donors (Lipinski definition) is 1. The molecule has 0 aromatic carbocycles. The topological polar surface area (TPSA) is 45.8 Å². The lowest BCUT2D eigenvalue weighted by molar-refractivity contribution is 1.08. The summed E-state index contributed by atoms with van der Waals surface area (Å²) in [6.45, 7) is 1.81. The van der Waals surface area contributed by atoms with Crippen LogP contribution in [0.5, 0.6) is 0 Å². The van der Waals surface area contributed by atoms with Crippen molar-refractivity contribution in [1.82, 2.24) is 9.97 Å². The molecule has 0 atom stereocenters. The molecule has 0 aliphatic rings. The monoisotopic (exact) mass is 270 g/mol. The van der Waals surface area contributed by atoms with Gasteiger partial charge in [0.25, 0.3) is 5.56 Å². The summed E-state index contributed by atoms with van der Waals surface area (Å²) in [7, 11) is 0. The Morgan fingerprint density at radius 3 is 2.93 bits per heavy atom. The van der Waals surface area contributed by atoms with Crippen LogP contribution in [0.2, 0.25) is 0 Å². The highest BCUT2D eigenvalue weighted by Gasteiger charge is 2.07. The lowest BCUT2D eigenvalue weighted by atomic mass is 10.4. The third kappa shape index (κ3) is 1.78. The molecule has 0 aliphatic carbocycles. The Labute approximate surface area is 93.0 Å². The summed E-state index contributed by atoms with van der Waals surface area (Å²) >= 11 is 4.94. The Balaban J connectivity index is 2.63. The highest BCUT2D eigenvalue weighted by molar-refractivity contribution is 9.10. The predicted molar refractivity (Wildman–Crippen MR) is 60.6 cm³/mol. The van der Waals surface area contributed by atoms with Crippen LogP contribution in [0.3, 0.4) is 0 Å². The maximum Gasteiger partial charge on any atom is 0.251 e. The molecule has 2 aromatic heterocycles. The van der Waals surface area contributed by atoms with Crippen LogP contribution in [0.25, 0.3) is 10.7 Å². The van der Waals surface area contributed by atoms with Gasteiger partial charge in [-0.2, -0.15) is 0 Å². The molecule has 0 amide bonds. The maximum atomic E-state index is 11.2. The van der Waals surface area contributed by atoms with Crippen LogP contribution in [0.15, 0.2) is 26.8 Å². The number of H-pyrrole nitrogens is 1. The molecule has 0 radical (unpaired) electrons. The number of rotatable bonds is 1. The number of aromatic amines is 1.